The fourth-order valence-corrected chi connectivity index (χ4v) is 4.59. The van der Waals surface area contributed by atoms with Gasteiger partial charge in [-0.05, 0) is 26.0 Å². The van der Waals surface area contributed by atoms with Gasteiger partial charge in [-0.25, -0.2) is 0 Å². The second-order valence-electron chi connectivity index (χ2n) is 9.64. The zero-order valence-electron chi connectivity index (χ0n) is 20.2. The van der Waals surface area contributed by atoms with Gasteiger partial charge in [0.1, 0.15) is 35.0 Å². The van der Waals surface area contributed by atoms with E-state index in [1.165, 1.54) is 12.1 Å². The number of rotatable bonds is 4. The highest BCUT2D eigenvalue weighted by atomic mass is 16.6. The van der Waals surface area contributed by atoms with Crippen molar-refractivity contribution >= 4 is 17.6 Å². The summed E-state index contributed by atoms with van der Waals surface area (Å²) < 4.78 is 22.9. The minimum Gasteiger partial charge on any atom is -0.507 e. The molecule has 0 aliphatic carbocycles. The van der Waals surface area contributed by atoms with Gasteiger partial charge in [0.25, 0.3) is 11.8 Å². The Morgan fingerprint density at radius 1 is 1.06 bits per heavy atom. The van der Waals surface area contributed by atoms with Gasteiger partial charge < -0.3 is 33.9 Å². The van der Waals surface area contributed by atoms with Crippen LogP contribution >= 0.6 is 0 Å². The topological polar surface area (TPSA) is 115 Å². The summed E-state index contributed by atoms with van der Waals surface area (Å²) in [5.74, 6) is 0.765. The first-order valence-electron chi connectivity index (χ1n) is 11.9. The number of benzene rings is 2. The van der Waals surface area contributed by atoms with Gasteiger partial charge in [-0.1, -0.05) is 12.1 Å². The van der Waals surface area contributed by atoms with Gasteiger partial charge in [0.15, 0.2) is 23.9 Å². The summed E-state index contributed by atoms with van der Waals surface area (Å²) >= 11 is 0. The molecule has 0 saturated carbocycles. The molecule has 190 valence electrons. The first-order valence-corrected chi connectivity index (χ1v) is 11.9. The van der Waals surface area contributed by atoms with E-state index in [1.807, 2.05) is 12.1 Å². The van der Waals surface area contributed by atoms with Crippen LogP contribution < -0.4 is 18.9 Å². The first-order chi connectivity index (χ1) is 17.2. The summed E-state index contributed by atoms with van der Waals surface area (Å²) in [6.45, 7) is 4.94. The summed E-state index contributed by atoms with van der Waals surface area (Å²) in [6, 6.07) is 10.0. The fraction of sp³-hybridized carbons (Fsp3) is 0.423. The van der Waals surface area contributed by atoms with E-state index in [2.05, 4.69) is 0 Å². The summed E-state index contributed by atoms with van der Waals surface area (Å²) in [7, 11) is 0. The van der Waals surface area contributed by atoms with Crippen molar-refractivity contribution < 1.29 is 38.4 Å². The number of hydrogen-bond donors (Lipinski definition) is 1. The Labute approximate surface area is 208 Å². The van der Waals surface area contributed by atoms with Crippen LogP contribution in [-0.2, 0) is 9.59 Å². The lowest BCUT2D eigenvalue weighted by Gasteiger charge is -2.37. The first kappa shape index (κ1) is 23.8. The molecular weight excluding hydrogens is 468 g/mol. The van der Waals surface area contributed by atoms with Crippen molar-refractivity contribution in [3.05, 3.63) is 42.0 Å². The van der Waals surface area contributed by atoms with Crippen LogP contribution in [0, 0.1) is 0 Å². The summed E-state index contributed by atoms with van der Waals surface area (Å²) in [5, 5.41) is 10.3. The Balaban J connectivity index is 1.14. The van der Waals surface area contributed by atoms with Crippen molar-refractivity contribution in [2.45, 2.75) is 32.0 Å². The van der Waals surface area contributed by atoms with E-state index >= 15 is 0 Å². The molecule has 1 fully saturated rings. The minimum absolute atomic E-state index is 0.129. The molecule has 10 nitrogen and oxygen atoms in total. The van der Waals surface area contributed by atoms with Crippen molar-refractivity contribution in [2.24, 2.45) is 0 Å². The van der Waals surface area contributed by atoms with Crippen molar-refractivity contribution in [2.75, 3.05) is 39.4 Å². The molecule has 36 heavy (non-hydrogen) atoms. The standard InChI is InChI=1S/C26H28N2O8/c1-26(2)13-18(30)24-17(29)11-16(12-21(24)36-26)33-15-23(31)27-7-9-28(10-8-27)25(32)22-14-34-19-5-3-4-6-20(19)35-22/h3-6,11-12,22,29H,7-10,13-15H2,1-2H3/t22-/m0/s1. The third-order valence-electron chi connectivity index (χ3n) is 6.40. The number of amides is 2. The largest absolute Gasteiger partial charge is 0.507 e. The van der Waals surface area contributed by atoms with Crippen LogP contribution in [0.3, 0.4) is 0 Å². The number of hydrogen-bond acceptors (Lipinski definition) is 8. The number of phenolic OH excluding ortho intramolecular Hbond substituents is 1. The highest BCUT2D eigenvalue weighted by molar-refractivity contribution is 6.03. The van der Waals surface area contributed by atoms with Gasteiger partial charge >= 0.3 is 0 Å². The molecule has 0 aromatic heterocycles. The molecule has 2 amide bonds. The van der Waals surface area contributed by atoms with Crippen LogP contribution in [0.4, 0.5) is 0 Å². The zero-order valence-corrected chi connectivity index (χ0v) is 20.2. The molecule has 1 saturated heterocycles. The Morgan fingerprint density at radius 3 is 2.50 bits per heavy atom. The number of ketones is 1. The molecule has 0 spiro atoms. The SMILES string of the molecule is CC1(C)CC(=O)c2c(O)cc(OCC(=O)N3CCN(C(=O)[C@@H]4COc5ccccc5O4)CC3)cc2O1. The maximum atomic E-state index is 12.9. The number of fused-ring (bicyclic) bond motifs is 2. The van der Waals surface area contributed by atoms with Crippen LogP contribution in [0.2, 0.25) is 0 Å². The highest BCUT2D eigenvalue weighted by Gasteiger charge is 2.36. The monoisotopic (exact) mass is 496 g/mol. The van der Waals surface area contributed by atoms with Gasteiger partial charge in [-0.3, -0.25) is 14.4 Å². The number of piperazine rings is 1. The number of carbonyl (C=O) groups is 3. The van der Waals surface area contributed by atoms with E-state index in [1.54, 1.807) is 35.8 Å². The van der Waals surface area contributed by atoms with Gasteiger partial charge in [0.05, 0.1) is 6.42 Å². The van der Waals surface area contributed by atoms with Gasteiger partial charge in [-0.15, -0.1) is 0 Å². The second-order valence-corrected chi connectivity index (χ2v) is 9.64. The Morgan fingerprint density at radius 2 is 1.75 bits per heavy atom. The predicted octanol–water partition coefficient (Wildman–Crippen LogP) is 2.03. The lowest BCUT2D eigenvalue weighted by Crippen LogP contribution is -2.55. The molecule has 10 heteroatoms. The van der Waals surface area contributed by atoms with Crippen LogP contribution in [0.5, 0.6) is 28.7 Å². The molecule has 0 radical (unpaired) electrons. The lowest BCUT2D eigenvalue weighted by atomic mass is 9.92. The van der Waals surface area contributed by atoms with E-state index in [4.69, 9.17) is 18.9 Å². The average Bonchev–Trinajstić information content (AvgIpc) is 2.85. The Kier molecular flexibility index (Phi) is 6.11. The molecule has 5 rings (SSSR count). The normalized spacial score (nSPS) is 20.3. The van der Waals surface area contributed by atoms with Crippen LogP contribution in [0.1, 0.15) is 30.6 Å². The summed E-state index contributed by atoms with van der Waals surface area (Å²) in [5.41, 5.74) is -0.565. The molecule has 1 atom stereocenters. The van der Waals surface area contributed by atoms with E-state index in [9.17, 15) is 19.5 Å². The van der Waals surface area contributed by atoms with E-state index in [0.29, 0.717) is 37.7 Å². The molecular formula is C26H28N2O8. The van der Waals surface area contributed by atoms with E-state index < -0.39 is 11.7 Å². The van der Waals surface area contributed by atoms with Crippen molar-refractivity contribution in [1.29, 1.82) is 0 Å². The van der Waals surface area contributed by atoms with Gasteiger partial charge in [-0.2, -0.15) is 0 Å². The van der Waals surface area contributed by atoms with Gasteiger partial charge in [0, 0.05) is 38.3 Å². The van der Waals surface area contributed by atoms with Crippen molar-refractivity contribution in [3.8, 4) is 28.7 Å². The minimum atomic E-state index is -0.721. The summed E-state index contributed by atoms with van der Waals surface area (Å²) in [6.07, 6.45) is -0.560. The molecule has 2 aromatic carbocycles. The lowest BCUT2D eigenvalue weighted by molar-refractivity contribution is -0.146. The molecule has 0 unspecified atom stereocenters. The fourth-order valence-electron chi connectivity index (χ4n) is 4.59. The number of para-hydroxylation sites is 2. The maximum Gasteiger partial charge on any atom is 0.267 e. The maximum absolute atomic E-state index is 12.9. The number of ether oxygens (including phenoxy) is 4. The number of carbonyl (C=O) groups excluding carboxylic acids is 3. The van der Waals surface area contributed by atoms with E-state index in [-0.39, 0.29) is 60.0 Å². The molecule has 2 aromatic rings. The quantitative estimate of drug-likeness (QED) is 0.684. The van der Waals surface area contributed by atoms with Crippen molar-refractivity contribution in [1.82, 2.24) is 9.80 Å². The third-order valence-corrected chi connectivity index (χ3v) is 6.40. The van der Waals surface area contributed by atoms with Crippen LogP contribution in [0.15, 0.2) is 36.4 Å². The molecule has 3 heterocycles. The number of Topliss-reactive ketones (excluding diaryl/α,β-unsaturated/α-hetero) is 1. The Hall–Kier alpha value is -3.95. The Bertz CT molecular complexity index is 1200. The average molecular weight is 497 g/mol. The van der Waals surface area contributed by atoms with Crippen LogP contribution in [0.25, 0.3) is 0 Å². The smallest absolute Gasteiger partial charge is 0.267 e. The predicted molar refractivity (Wildman–Crippen MR) is 127 cm³/mol. The third kappa shape index (κ3) is 4.75. The van der Waals surface area contributed by atoms with Crippen molar-refractivity contribution in [3.63, 3.8) is 0 Å². The molecule has 1 N–H and O–H groups in total. The molecule has 3 aliphatic heterocycles. The second kappa shape index (κ2) is 9.25. The number of nitrogens with zero attached hydrogens (tertiary/aromatic N) is 2. The molecule has 3 aliphatic rings. The zero-order chi connectivity index (χ0) is 25.4. The number of aromatic hydroxyl groups is 1. The van der Waals surface area contributed by atoms with Crippen LogP contribution in [-0.4, -0.2) is 83.6 Å². The highest BCUT2D eigenvalue weighted by Crippen LogP contribution is 2.41. The van der Waals surface area contributed by atoms with E-state index in [0.717, 1.165) is 0 Å². The summed E-state index contributed by atoms with van der Waals surface area (Å²) in [4.78, 5) is 41.3. The van der Waals surface area contributed by atoms with Gasteiger partial charge in [0.2, 0.25) is 6.10 Å². The number of phenols is 1. The molecule has 0 bridgehead atoms.